The van der Waals surface area contributed by atoms with E-state index in [2.05, 4.69) is 13.8 Å². The molecule has 1 rings (SSSR count). The van der Waals surface area contributed by atoms with E-state index in [1.165, 1.54) is 69.9 Å². The van der Waals surface area contributed by atoms with E-state index in [1.54, 1.807) is 0 Å². The predicted molar refractivity (Wildman–Crippen MR) is 74.5 cm³/mol. The van der Waals surface area contributed by atoms with Gasteiger partial charge in [-0.15, -0.1) is 0 Å². The van der Waals surface area contributed by atoms with Crippen molar-refractivity contribution >= 4 is 9.04 Å². The molecule has 0 aliphatic carbocycles. The van der Waals surface area contributed by atoms with Gasteiger partial charge >= 0.3 is 0 Å². The maximum Gasteiger partial charge on any atom is 0.177 e. The maximum absolute atomic E-state index is 6.32. The van der Waals surface area contributed by atoms with Gasteiger partial charge < -0.3 is 4.43 Å². The highest BCUT2D eigenvalue weighted by molar-refractivity contribution is 6.52. The zero-order valence-corrected chi connectivity index (χ0v) is 12.5. The summed E-state index contributed by atoms with van der Waals surface area (Å²) in [4.78, 5) is 0. The van der Waals surface area contributed by atoms with Gasteiger partial charge in [0.1, 0.15) is 0 Å². The van der Waals surface area contributed by atoms with Crippen molar-refractivity contribution in [3.63, 3.8) is 0 Å². The number of unbranched alkanes of at least 4 members (excludes halogenated alkanes) is 4. The zero-order chi connectivity index (χ0) is 11.6. The fourth-order valence-corrected chi connectivity index (χ4v) is 5.46. The normalized spacial score (nSPS) is 25.9. The standard InChI is InChI=1S/C14H30OSi/c1-3-5-7-10-14-11-9-13-16(15-14)12-8-6-4-2/h14,16H,3-13H2,1-2H3. The van der Waals surface area contributed by atoms with Crippen LogP contribution in [0, 0.1) is 0 Å². The first-order valence-electron chi connectivity index (χ1n) is 7.52. The molecule has 0 radical (unpaired) electrons. The van der Waals surface area contributed by atoms with E-state index in [-0.39, 0.29) is 0 Å². The van der Waals surface area contributed by atoms with E-state index < -0.39 is 9.04 Å². The van der Waals surface area contributed by atoms with Crippen molar-refractivity contribution in [2.24, 2.45) is 0 Å². The van der Waals surface area contributed by atoms with E-state index in [1.807, 2.05) is 0 Å². The molecule has 1 nitrogen and oxygen atoms in total. The van der Waals surface area contributed by atoms with E-state index in [0.717, 1.165) is 0 Å². The molecule has 1 fully saturated rings. The predicted octanol–water partition coefficient (Wildman–Crippen LogP) is 4.66. The Hall–Kier alpha value is 0.177. The average Bonchev–Trinajstić information content (AvgIpc) is 2.30. The molecule has 2 atom stereocenters. The third kappa shape index (κ3) is 6.05. The minimum absolute atomic E-state index is 0.651. The van der Waals surface area contributed by atoms with Crippen LogP contribution in [0.4, 0.5) is 0 Å². The molecule has 96 valence electrons. The van der Waals surface area contributed by atoms with Crippen molar-refractivity contribution in [2.45, 2.75) is 89.8 Å². The van der Waals surface area contributed by atoms with Gasteiger partial charge in [0.15, 0.2) is 9.04 Å². The molecule has 0 aromatic rings. The van der Waals surface area contributed by atoms with Crippen molar-refractivity contribution in [2.75, 3.05) is 0 Å². The number of hydrogen-bond donors (Lipinski definition) is 0. The first-order valence-corrected chi connectivity index (χ1v) is 9.62. The summed E-state index contributed by atoms with van der Waals surface area (Å²) in [7, 11) is -0.767. The van der Waals surface area contributed by atoms with Crippen LogP contribution in [0.3, 0.4) is 0 Å². The highest BCUT2D eigenvalue weighted by Crippen LogP contribution is 2.24. The van der Waals surface area contributed by atoms with E-state index >= 15 is 0 Å². The monoisotopic (exact) mass is 242 g/mol. The summed E-state index contributed by atoms with van der Waals surface area (Å²) in [6.07, 6.45) is 13.1. The largest absolute Gasteiger partial charge is 0.417 e. The van der Waals surface area contributed by atoms with E-state index in [9.17, 15) is 0 Å². The van der Waals surface area contributed by atoms with Crippen molar-refractivity contribution in [1.82, 2.24) is 0 Å². The molecule has 0 N–H and O–H groups in total. The third-order valence-electron chi connectivity index (χ3n) is 3.70. The van der Waals surface area contributed by atoms with Crippen LogP contribution >= 0.6 is 0 Å². The molecule has 1 heterocycles. The number of hydrogen-bond acceptors (Lipinski definition) is 1. The van der Waals surface area contributed by atoms with E-state index in [4.69, 9.17) is 4.43 Å². The lowest BCUT2D eigenvalue weighted by Gasteiger charge is -2.29. The fourth-order valence-electron chi connectivity index (χ4n) is 2.65. The summed E-state index contributed by atoms with van der Waals surface area (Å²) in [5, 5.41) is 0. The summed E-state index contributed by atoms with van der Waals surface area (Å²) in [5.74, 6) is 0. The smallest absolute Gasteiger partial charge is 0.177 e. The highest BCUT2D eigenvalue weighted by Gasteiger charge is 2.22. The Balaban J connectivity index is 2.09. The lowest BCUT2D eigenvalue weighted by Crippen LogP contribution is -2.30. The Kier molecular flexibility index (Phi) is 8.22. The third-order valence-corrected chi connectivity index (χ3v) is 6.57. The first-order chi connectivity index (χ1) is 7.86. The molecular weight excluding hydrogens is 212 g/mol. The SMILES string of the molecule is CCCCCC1CCC[SiH](CCCCC)O1. The Morgan fingerprint density at radius 1 is 1.06 bits per heavy atom. The summed E-state index contributed by atoms with van der Waals surface area (Å²) >= 11 is 0. The highest BCUT2D eigenvalue weighted by atomic mass is 28.3. The van der Waals surface area contributed by atoms with Crippen LogP contribution in [0.2, 0.25) is 12.1 Å². The Morgan fingerprint density at radius 3 is 2.56 bits per heavy atom. The summed E-state index contributed by atoms with van der Waals surface area (Å²) in [6.45, 7) is 4.57. The Morgan fingerprint density at radius 2 is 1.81 bits per heavy atom. The average molecular weight is 242 g/mol. The lowest BCUT2D eigenvalue weighted by molar-refractivity contribution is 0.156. The van der Waals surface area contributed by atoms with Crippen LogP contribution in [-0.2, 0) is 4.43 Å². The minimum atomic E-state index is -0.767. The zero-order valence-electron chi connectivity index (χ0n) is 11.3. The van der Waals surface area contributed by atoms with Gasteiger partial charge in [0.05, 0.1) is 0 Å². The minimum Gasteiger partial charge on any atom is -0.417 e. The van der Waals surface area contributed by atoms with Crippen LogP contribution in [0.5, 0.6) is 0 Å². The second kappa shape index (κ2) is 9.23. The maximum atomic E-state index is 6.32. The van der Waals surface area contributed by atoms with Crippen LogP contribution in [0.15, 0.2) is 0 Å². The molecule has 1 aliphatic heterocycles. The van der Waals surface area contributed by atoms with Crippen LogP contribution in [-0.4, -0.2) is 15.1 Å². The molecule has 0 amide bonds. The second-order valence-corrected chi connectivity index (χ2v) is 7.97. The van der Waals surface area contributed by atoms with Gasteiger partial charge in [-0.3, -0.25) is 0 Å². The number of rotatable bonds is 8. The summed E-state index contributed by atoms with van der Waals surface area (Å²) in [5.41, 5.74) is 0. The molecule has 0 saturated carbocycles. The molecule has 2 heteroatoms. The Labute approximate surface area is 104 Å². The molecule has 1 aliphatic rings. The summed E-state index contributed by atoms with van der Waals surface area (Å²) in [6, 6.07) is 2.89. The van der Waals surface area contributed by atoms with Gasteiger partial charge in [0.25, 0.3) is 0 Å². The van der Waals surface area contributed by atoms with Crippen molar-refractivity contribution < 1.29 is 4.43 Å². The van der Waals surface area contributed by atoms with E-state index in [0.29, 0.717) is 6.10 Å². The second-order valence-electron chi connectivity index (χ2n) is 5.30. The lowest BCUT2D eigenvalue weighted by atomic mass is 10.1. The molecule has 0 bridgehead atoms. The molecule has 0 spiro atoms. The van der Waals surface area contributed by atoms with Crippen molar-refractivity contribution in [3.8, 4) is 0 Å². The van der Waals surface area contributed by atoms with Crippen LogP contribution in [0.25, 0.3) is 0 Å². The van der Waals surface area contributed by atoms with Gasteiger partial charge in [0, 0.05) is 6.10 Å². The molecule has 2 unspecified atom stereocenters. The van der Waals surface area contributed by atoms with Gasteiger partial charge in [-0.25, -0.2) is 0 Å². The van der Waals surface area contributed by atoms with Crippen molar-refractivity contribution in [3.05, 3.63) is 0 Å². The first kappa shape index (κ1) is 14.2. The van der Waals surface area contributed by atoms with Crippen LogP contribution in [0.1, 0.15) is 71.6 Å². The molecular formula is C14H30OSi. The van der Waals surface area contributed by atoms with Crippen LogP contribution < -0.4 is 0 Å². The molecule has 0 aromatic heterocycles. The topological polar surface area (TPSA) is 9.23 Å². The quantitative estimate of drug-likeness (QED) is 0.444. The van der Waals surface area contributed by atoms with Gasteiger partial charge in [-0.1, -0.05) is 58.8 Å². The molecule has 16 heavy (non-hydrogen) atoms. The van der Waals surface area contributed by atoms with Gasteiger partial charge in [0.2, 0.25) is 0 Å². The van der Waals surface area contributed by atoms with Gasteiger partial charge in [-0.05, 0) is 24.9 Å². The van der Waals surface area contributed by atoms with Crippen molar-refractivity contribution in [1.29, 1.82) is 0 Å². The molecule has 0 aromatic carbocycles. The fraction of sp³-hybridized carbons (Fsp3) is 1.00. The van der Waals surface area contributed by atoms with Gasteiger partial charge in [-0.2, -0.15) is 0 Å². The molecule has 1 saturated heterocycles. The summed E-state index contributed by atoms with van der Waals surface area (Å²) < 4.78 is 6.32. The Bertz CT molecular complexity index is 145.